The number of benzene rings is 3. The van der Waals surface area contributed by atoms with Crippen LogP contribution in [-0.4, -0.2) is 49.4 Å². The van der Waals surface area contributed by atoms with E-state index in [1.165, 1.54) is 3.97 Å². The Morgan fingerprint density at radius 1 is 0.795 bits per heavy atom. The van der Waals surface area contributed by atoms with E-state index in [9.17, 15) is 13.2 Å². The van der Waals surface area contributed by atoms with Crippen molar-refractivity contribution in [2.45, 2.75) is 31.8 Å². The summed E-state index contributed by atoms with van der Waals surface area (Å²) in [5.41, 5.74) is 5.02. The molecule has 2 aromatic heterocycles. The Morgan fingerprint density at radius 2 is 1.41 bits per heavy atom. The molecule has 2 heterocycles. The van der Waals surface area contributed by atoms with Crippen molar-refractivity contribution in [1.82, 2.24) is 13.8 Å². The average Bonchev–Trinajstić information content (AvgIpc) is 3.30. The van der Waals surface area contributed by atoms with Crippen molar-refractivity contribution >= 4 is 31.9 Å². The number of para-hydroxylation sites is 1. The Hall–Kier alpha value is -3.72. The van der Waals surface area contributed by atoms with Crippen LogP contribution in [0.1, 0.15) is 22.3 Å². The van der Waals surface area contributed by atoms with Crippen LogP contribution in [0, 0.1) is 13.8 Å². The zero-order valence-electron chi connectivity index (χ0n) is 22.7. The first-order valence-electron chi connectivity index (χ1n) is 12.9. The molecule has 0 saturated heterocycles. The molecule has 0 bridgehead atoms. The molecule has 0 saturated carbocycles. The van der Waals surface area contributed by atoms with Crippen molar-refractivity contribution < 1.29 is 12.8 Å². The van der Waals surface area contributed by atoms with Crippen LogP contribution in [0.2, 0.25) is 0 Å². The third-order valence-electron chi connectivity index (χ3n) is 7.26. The SMILES string of the molecule is Cc1cc2occ(CN(C)CCN(C)Cc3cn(S(=O)(=O)c4ccccc4)c4ccccc34)c(=O)c2cc1C. The molecule has 8 heteroatoms. The first-order valence-corrected chi connectivity index (χ1v) is 14.4. The van der Waals surface area contributed by atoms with E-state index in [1.807, 2.05) is 64.3 Å². The fourth-order valence-corrected chi connectivity index (χ4v) is 6.28. The predicted molar refractivity (Wildman–Crippen MR) is 156 cm³/mol. The van der Waals surface area contributed by atoms with E-state index in [4.69, 9.17) is 4.42 Å². The summed E-state index contributed by atoms with van der Waals surface area (Å²) in [6.07, 6.45) is 3.30. The van der Waals surface area contributed by atoms with Crippen molar-refractivity contribution in [2.24, 2.45) is 0 Å². The van der Waals surface area contributed by atoms with Gasteiger partial charge in [-0.3, -0.25) is 4.79 Å². The van der Waals surface area contributed by atoms with Gasteiger partial charge in [-0.2, -0.15) is 0 Å². The molecule has 0 aliphatic carbocycles. The van der Waals surface area contributed by atoms with Gasteiger partial charge >= 0.3 is 0 Å². The second-order valence-corrected chi connectivity index (χ2v) is 12.1. The van der Waals surface area contributed by atoms with E-state index < -0.39 is 10.0 Å². The van der Waals surface area contributed by atoms with E-state index in [-0.39, 0.29) is 10.3 Å². The molecule has 5 rings (SSSR count). The average molecular weight is 544 g/mol. The summed E-state index contributed by atoms with van der Waals surface area (Å²) in [5.74, 6) is 0. The van der Waals surface area contributed by atoms with Gasteiger partial charge in [0.1, 0.15) is 5.58 Å². The van der Waals surface area contributed by atoms with Crippen LogP contribution < -0.4 is 5.43 Å². The lowest BCUT2D eigenvalue weighted by Gasteiger charge is -2.21. The number of nitrogens with zero attached hydrogens (tertiary/aromatic N) is 3. The smallest absolute Gasteiger partial charge is 0.268 e. The Bertz CT molecular complexity index is 1810. The number of hydrogen-bond acceptors (Lipinski definition) is 6. The lowest BCUT2D eigenvalue weighted by Crippen LogP contribution is -2.31. The lowest BCUT2D eigenvalue weighted by molar-refractivity contribution is 0.246. The highest BCUT2D eigenvalue weighted by atomic mass is 32.2. The number of hydrogen-bond donors (Lipinski definition) is 0. The van der Waals surface area contributed by atoms with Gasteiger partial charge in [0.15, 0.2) is 5.43 Å². The Morgan fingerprint density at radius 3 is 2.13 bits per heavy atom. The van der Waals surface area contributed by atoms with Crippen molar-refractivity contribution in [2.75, 3.05) is 27.2 Å². The minimum absolute atomic E-state index is 0.00647. The molecule has 0 spiro atoms. The molecule has 0 unspecified atom stereocenters. The highest BCUT2D eigenvalue weighted by Crippen LogP contribution is 2.27. The van der Waals surface area contributed by atoms with Crippen molar-refractivity contribution in [3.8, 4) is 0 Å². The highest BCUT2D eigenvalue weighted by Gasteiger charge is 2.21. The van der Waals surface area contributed by atoms with Crippen LogP contribution in [-0.2, 0) is 23.1 Å². The van der Waals surface area contributed by atoms with Crippen LogP contribution in [0.25, 0.3) is 21.9 Å². The van der Waals surface area contributed by atoms with Crippen molar-refractivity contribution in [1.29, 1.82) is 0 Å². The Balaban J connectivity index is 1.29. The second-order valence-electron chi connectivity index (χ2n) is 10.3. The number of aromatic nitrogens is 1. The maximum atomic E-state index is 13.4. The zero-order valence-corrected chi connectivity index (χ0v) is 23.5. The van der Waals surface area contributed by atoms with E-state index in [2.05, 4.69) is 9.80 Å². The topological polar surface area (TPSA) is 75.8 Å². The van der Waals surface area contributed by atoms with Gasteiger partial charge in [-0.05, 0) is 75.0 Å². The molecule has 3 aromatic carbocycles. The lowest BCUT2D eigenvalue weighted by atomic mass is 10.1. The van der Waals surface area contributed by atoms with Crippen LogP contribution in [0.4, 0.5) is 0 Å². The quantitative estimate of drug-likeness (QED) is 0.256. The van der Waals surface area contributed by atoms with Crippen LogP contribution in [0.5, 0.6) is 0 Å². The summed E-state index contributed by atoms with van der Waals surface area (Å²) < 4.78 is 33.9. The van der Waals surface area contributed by atoms with Crippen LogP contribution in [0.3, 0.4) is 0 Å². The Kier molecular flexibility index (Phi) is 7.44. The van der Waals surface area contributed by atoms with Gasteiger partial charge in [0, 0.05) is 43.3 Å². The summed E-state index contributed by atoms with van der Waals surface area (Å²) in [6.45, 7) is 6.53. The van der Waals surface area contributed by atoms with Crippen molar-refractivity contribution in [3.05, 3.63) is 112 Å². The number of fused-ring (bicyclic) bond motifs is 2. The summed E-state index contributed by atoms with van der Waals surface area (Å²) in [5, 5.41) is 1.53. The van der Waals surface area contributed by atoms with E-state index >= 15 is 0 Å². The van der Waals surface area contributed by atoms with E-state index in [0.717, 1.165) is 35.2 Å². The minimum Gasteiger partial charge on any atom is -0.464 e. The monoisotopic (exact) mass is 543 g/mol. The Labute approximate surface area is 228 Å². The van der Waals surface area contributed by atoms with Crippen LogP contribution >= 0.6 is 0 Å². The molecular weight excluding hydrogens is 510 g/mol. The number of aryl methyl sites for hydroxylation is 2. The molecular formula is C31H33N3O4S. The van der Waals surface area contributed by atoms with Gasteiger partial charge in [0.2, 0.25) is 0 Å². The molecule has 202 valence electrons. The van der Waals surface area contributed by atoms with Gasteiger partial charge in [-0.15, -0.1) is 0 Å². The first kappa shape index (κ1) is 26.9. The normalized spacial score (nSPS) is 12.3. The molecule has 0 N–H and O–H groups in total. The molecule has 0 aliphatic heterocycles. The zero-order chi connectivity index (χ0) is 27.7. The number of rotatable bonds is 9. The molecule has 39 heavy (non-hydrogen) atoms. The molecule has 0 radical (unpaired) electrons. The van der Waals surface area contributed by atoms with Crippen molar-refractivity contribution in [3.63, 3.8) is 0 Å². The second kappa shape index (κ2) is 10.8. The van der Waals surface area contributed by atoms with E-state index in [1.54, 1.807) is 42.8 Å². The molecule has 0 amide bonds. The summed E-state index contributed by atoms with van der Waals surface area (Å²) in [6, 6.07) is 19.9. The minimum atomic E-state index is -3.71. The standard InChI is InChI=1S/C31H33N3O4S/c1-22-16-28-30(17-23(22)2)38-21-25(31(28)35)19-33(4)15-14-32(3)18-24-20-34(29-13-9-8-12-27(24)29)39(36,37)26-10-6-5-7-11-26/h5-13,16-17,20-21H,14-15,18-19H2,1-4H3. The van der Waals surface area contributed by atoms with Gasteiger partial charge in [0.05, 0.1) is 22.1 Å². The van der Waals surface area contributed by atoms with Crippen LogP contribution in [0.15, 0.2) is 93.3 Å². The largest absolute Gasteiger partial charge is 0.464 e. The summed E-state index contributed by atoms with van der Waals surface area (Å²) >= 11 is 0. The third kappa shape index (κ3) is 5.41. The first-order chi connectivity index (χ1) is 18.6. The van der Waals surface area contributed by atoms with Gasteiger partial charge in [-0.1, -0.05) is 36.4 Å². The predicted octanol–water partition coefficient (Wildman–Crippen LogP) is 5.17. The van der Waals surface area contributed by atoms with Gasteiger partial charge in [-0.25, -0.2) is 12.4 Å². The molecule has 0 aliphatic rings. The number of likely N-dealkylation sites (N-methyl/N-ethyl adjacent to an activating group) is 2. The van der Waals surface area contributed by atoms with Gasteiger partial charge < -0.3 is 14.2 Å². The third-order valence-corrected chi connectivity index (χ3v) is 8.95. The molecule has 7 nitrogen and oxygen atoms in total. The maximum absolute atomic E-state index is 13.4. The fourth-order valence-electron chi connectivity index (χ4n) is 4.86. The fraction of sp³-hybridized carbons (Fsp3) is 0.258. The van der Waals surface area contributed by atoms with E-state index in [0.29, 0.717) is 35.1 Å². The molecule has 0 atom stereocenters. The highest BCUT2D eigenvalue weighted by molar-refractivity contribution is 7.90. The van der Waals surface area contributed by atoms with Gasteiger partial charge in [0.25, 0.3) is 10.0 Å². The molecule has 5 aromatic rings. The maximum Gasteiger partial charge on any atom is 0.268 e. The summed E-state index contributed by atoms with van der Waals surface area (Å²) in [7, 11) is 0.283. The summed E-state index contributed by atoms with van der Waals surface area (Å²) in [4.78, 5) is 17.6. The molecule has 0 fully saturated rings.